The van der Waals surface area contributed by atoms with Crippen LogP contribution in [0.4, 0.5) is 0 Å². The highest BCUT2D eigenvalue weighted by Crippen LogP contribution is 2.23. The summed E-state index contributed by atoms with van der Waals surface area (Å²) in [4.78, 5) is 14.3. The van der Waals surface area contributed by atoms with Crippen LogP contribution in [0.15, 0.2) is 24.3 Å². The van der Waals surface area contributed by atoms with E-state index in [1.54, 1.807) is 7.11 Å². The fraction of sp³-hybridized carbons (Fsp3) is 0.588. The van der Waals surface area contributed by atoms with Gasteiger partial charge in [-0.05, 0) is 44.0 Å². The minimum Gasteiger partial charge on any atom is -0.497 e. The van der Waals surface area contributed by atoms with Crippen molar-refractivity contribution < 1.29 is 14.3 Å². The molecule has 0 N–H and O–H groups in total. The normalized spacial score (nSPS) is 17.1. The van der Waals surface area contributed by atoms with Crippen LogP contribution in [0.5, 0.6) is 11.5 Å². The molecule has 1 atom stereocenters. The van der Waals surface area contributed by atoms with E-state index >= 15 is 0 Å². The first-order valence-corrected chi connectivity index (χ1v) is 7.69. The Morgan fingerprint density at radius 2 is 1.71 bits per heavy atom. The van der Waals surface area contributed by atoms with Gasteiger partial charge in [0.05, 0.1) is 7.11 Å². The van der Waals surface area contributed by atoms with Crippen molar-refractivity contribution in [3.63, 3.8) is 0 Å². The van der Waals surface area contributed by atoms with Crippen LogP contribution in [0.2, 0.25) is 0 Å². The third-order valence-corrected chi connectivity index (χ3v) is 4.19. The van der Waals surface area contributed by atoms with Gasteiger partial charge in [0.25, 0.3) is 5.91 Å². The molecule has 0 saturated heterocycles. The molecule has 0 heterocycles. The maximum absolute atomic E-state index is 12.4. The predicted molar refractivity (Wildman–Crippen MR) is 82.7 cm³/mol. The number of nitrogens with zero attached hydrogens (tertiary/aromatic N) is 1. The number of methoxy groups -OCH3 is 1. The van der Waals surface area contributed by atoms with Gasteiger partial charge in [-0.3, -0.25) is 4.79 Å². The zero-order valence-electron chi connectivity index (χ0n) is 13.2. The molecule has 1 aromatic carbocycles. The van der Waals surface area contributed by atoms with Gasteiger partial charge >= 0.3 is 0 Å². The third kappa shape index (κ3) is 4.13. The van der Waals surface area contributed by atoms with E-state index in [1.165, 1.54) is 19.3 Å². The first kappa shape index (κ1) is 15.7. The molecule has 0 aliphatic heterocycles. The summed E-state index contributed by atoms with van der Waals surface area (Å²) in [6, 6.07) is 7.68. The Labute approximate surface area is 127 Å². The van der Waals surface area contributed by atoms with Crippen molar-refractivity contribution >= 4 is 5.91 Å². The monoisotopic (exact) mass is 291 g/mol. The first-order valence-electron chi connectivity index (χ1n) is 7.69. The van der Waals surface area contributed by atoms with Crippen molar-refractivity contribution in [1.82, 2.24) is 4.90 Å². The molecule has 1 fully saturated rings. The number of ether oxygens (including phenoxy) is 2. The summed E-state index contributed by atoms with van der Waals surface area (Å²) in [7, 11) is 3.52. The number of benzene rings is 1. The topological polar surface area (TPSA) is 38.8 Å². The lowest BCUT2D eigenvalue weighted by Crippen LogP contribution is -2.44. The second kappa shape index (κ2) is 7.34. The largest absolute Gasteiger partial charge is 0.497 e. The summed E-state index contributed by atoms with van der Waals surface area (Å²) >= 11 is 0. The van der Waals surface area contributed by atoms with Crippen LogP contribution in [0.25, 0.3) is 0 Å². The van der Waals surface area contributed by atoms with Crippen molar-refractivity contribution in [3.05, 3.63) is 24.3 Å². The lowest BCUT2D eigenvalue weighted by molar-refractivity contribution is -0.139. The number of carbonyl (C=O) groups excluding carboxylic acids is 1. The van der Waals surface area contributed by atoms with Gasteiger partial charge in [0, 0.05) is 13.1 Å². The molecule has 1 aliphatic carbocycles. The molecule has 116 valence electrons. The predicted octanol–water partition coefficient (Wildman–Crippen LogP) is 3.25. The Hall–Kier alpha value is -1.71. The van der Waals surface area contributed by atoms with E-state index in [0.717, 1.165) is 18.6 Å². The van der Waals surface area contributed by atoms with E-state index in [4.69, 9.17) is 9.47 Å². The van der Waals surface area contributed by atoms with Gasteiger partial charge in [-0.15, -0.1) is 0 Å². The lowest BCUT2D eigenvalue weighted by atomic mass is 9.94. The molecule has 0 unspecified atom stereocenters. The van der Waals surface area contributed by atoms with E-state index in [-0.39, 0.29) is 5.91 Å². The average molecular weight is 291 g/mol. The van der Waals surface area contributed by atoms with E-state index in [1.807, 2.05) is 43.1 Å². The molecular weight excluding hydrogens is 266 g/mol. The summed E-state index contributed by atoms with van der Waals surface area (Å²) in [6.45, 7) is 1.81. The molecule has 0 bridgehead atoms. The second-order valence-corrected chi connectivity index (χ2v) is 5.68. The van der Waals surface area contributed by atoms with Crippen molar-refractivity contribution in [2.75, 3.05) is 14.2 Å². The van der Waals surface area contributed by atoms with E-state index < -0.39 is 6.10 Å². The van der Waals surface area contributed by atoms with E-state index in [0.29, 0.717) is 11.8 Å². The van der Waals surface area contributed by atoms with Crippen LogP contribution in [0, 0.1) is 0 Å². The number of hydrogen-bond acceptors (Lipinski definition) is 3. The van der Waals surface area contributed by atoms with Gasteiger partial charge in [-0.2, -0.15) is 0 Å². The van der Waals surface area contributed by atoms with E-state index in [2.05, 4.69) is 0 Å². The van der Waals surface area contributed by atoms with Gasteiger partial charge < -0.3 is 14.4 Å². The second-order valence-electron chi connectivity index (χ2n) is 5.68. The van der Waals surface area contributed by atoms with Crippen molar-refractivity contribution in [2.45, 2.75) is 51.2 Å². The highest BCUT2D eigenvalue weighted by molar-refractivity contribution is 5.81. The Morgan fingerprint density at radius 3 is 2.29 bits per heavy atom. The molecule has 4 nitrogen and oxygen atoms in total. The minimum atomic E-state index is -0.467. The Kier molecular flexibility index (Phi) is 5.48. The fourth-order valence-electron chi connectivity index (χ4n) is 2.84. The third-order valence-electron chi connectivity index (χ3n) is 4.19. The minimum absolute atomic E-state index is 0.0534. The number of hydrogen-bond donors (Lipinski definition) is 0. The van der Waals surface area contributed by atoms with Crippen molar-refractivity contribution in [2.24, 2.45) is 0 Å². The Bertz CT molecular complexity index is 452. The first-order chi connectivity index (χ1) is 10.1. The van der Waals surface area contributed by atoms with Crippen LogP contribution in [0.1, 0.15) is 39.0 Å². The molecule has 1 aliphatic rings. The van der Waals surface area contributed by atoms with Crippen LogP contribution in [-0.4, -0.2) is 37.1 Å². The van der Waals surface area contributed by atoms with Gasteiger partial charge in [0.1, 0.15) is 11.5 Å². The quantitative estimate of drug-likeness (QED) is 0.836. The van der Waals surface area contributed by atoms with E-state index in [9.17, 15) is 4.79 Å². The standard InChI is InChI=1S/C17H25NO3/c1-13(21-16-11-9-15(20-3)10-12-16)17(19)18(2)14-7-5-4-6-8-14/h9-14H,4-8H2,1-3H3/t13-/m0/s1. The molecule has 1 aromatic rings. The van der Waals surface area contributed by atoms with Crippen LogP contribution in [0.3, 0.4) is 0 Å². The molecule has 0 spiro atoms. The zero-order chi connectivity index (χ0) is 15.2. The highest BCUT2D eigenvalue weighted by atomic mass is 16.5. The Morgan fingerprint density at radius 1 is 1.14 bits per heavy atom. The molecule has 1 saturated carbocycles. The number of likely N-dealkylation sites (N-methyl/N-ethyl adjacent to an activating group) is 1. The Balaban J connectivity index is 1.91. The highest BCUT2D eigenvalue weighted by Gasteiger charge is 2.26. The molecule has 0 aromatic heterocycles. The number of amides is 1. The maximum Gasteiger partial charge on any atom is 0.263 e. The van der Waals surface area contributed by atoms with Gasteiger partial charge in [-0.25, -0.2) is 0 Å². The molecular formula is C17H25NO3. The van der Waals surface area contributed by atoms with Crippen LogP contribution >= 0.6 is 0 Å². The smallest absolute Gasteiger partial charge is 0.263 e. The number of rotatable bonds is 5. The maximum atomic E-state index is 12.4. The lowest BCUT2D eigenvalue weighted by Gasteiger charge is -2.32. The van der Waals surface area contributed by atoms with Crippen LogP contribution < -0.4 is 9.47 Å². The number of carbonyl (C=O) groups is 1. The molecule has 21 heavy (non-hydrogen) atoms. The van der Waals surface area contributed by atoms with Crippen LogP contribution in [-0.2, 0) is 4.79 Å². The summed E-state index contributed by atoms with van der Waals surface area (Å²) < 4.78 is 10.8. The molecule has 2 rings (SSSR count). The average Bonchev–Trinajstić information content (AvgIpc) is 2.55. The fourth-order valence-corrected chi connectivity index (χ4v) is 2.84. The van der Waals surface area contributed by atoms with Crippen molar-refractivity contribution in [3.8, 4) is 11.5 Å². The summed E-state index contributed by atoms with van der Waals surface area (Å²) in [5.74, 6) is 1.52. The van der Waals surface area contributed by atoms with Crippen molar-refractivity contribution in [1.29, 1.82) is 0 Å². The van der Waals surface area contributed by atoms with Gasteiger partial charge in [-0.1, -0.05) is 19.3 Å². The molecule has 4 heteroatoms. The molecule has 0 radical (unpaired) electrons. The molecule has 1 amide bonds. The zero-order valence-corrected chi connectivity index (χ0v) is 13.2. The SMILES string of the molecule is COc1ccc(O[C@@H](C)C(=O)N(C)C2CCCCC2)cc1. The van der Waals surface area contributed by atoms with Gasteiger partial charge in [0.15, 0.2) is 6.10 Å². The summed E-state index contributed by atoms with van der Waals surface area (Å²) in [5.41, 5.74) is 0. The van der Waals surface area contributed by atoms with Gasteiger partial charge in [0.2, 0.25) is 0 Å². The summed E-state index contributed by atoms with van der Waals surface area (Å²) in [5, 5.41) is 0. The summed E-state index contributed by atoms with van der Waals surface area (Å²) in [6.07, 6.45) is 5.47.